The number of carbonyl (C=O) groups is 1. The van der Waals surface area contributed by atoms with Crippen molar-refractivity contribution in [3.63, 3.8) is 0 Å². The number of halogens is 2. The van der Waals surface area contributed by atoms with E-state index in [4.69, 9.17) is 0 Å². The van der Waals surface area contributed by atoms with Gasteiger partial charge in [-0.15, -0.1) is 0 Å². The molecule has 0 saturated carbocycles. The lowest BCUT2D eigenvalue weighted by atomic mass is 9.90. The first kappa shape index (κ1) is 22.2. The van der Waals surface area contributed by atoms with Gasteiger partial charge in [-0.2, -0.15) is 9.40 Å². The van der Waals surface area contributed by atoms with E-state index in [9.17, 15) is 27.1 Å². The Hall–Kier alpha value is -2.44. The zero-order valence-corrected chi connectivity index (χ0v) is 17.2. The fraction of sp³-hybridized carbons (Fsp3) is 0.500. The number of aromatic nitrogens is 3. The highest BCUT2D eigenvalue weighted by atomic mass is 32.2. The second-order valence-corrected chi connectivity index (χ2v) is 9.31. The Labute approximate surface area is 173 Å². The number of nitrogens with zero attached hydrogens (tertiary/aromatic N) is 5. The molecule has 1 aliphatic rings. The molecule has 0 aliphatic carbocycles. The molecular weight excluding hydrogens is 420 g/mol. The minimum atomic E-state index is -3.78. The summed E-state index contributed by atoms with van der Waals surface area (Å²) in [5, 5.41) is 15.1. The highest BCUT2D eigenvalue weighted by Gasteiger charge is 2.37. The van der Waals surface area contributed by atoms with E-state index in [0.29, 0.717) is 6.07 Å². The molecule has 0 spiro atoms. The second kappa shape index (κ2) is 8.74. The summed E-state index contributed by atoms with van der Waals surface area (Å²) in [5.41, 5.74) is -2.18. The highest BCUT2D eigenvalue weighted by molar-refractivity contribution is 7.89. The smallest absolute Gasteiger partial charge is 0.219 e. The van der Waals surface area contributed by atoms with Crippen molar-refractivity contribution in [2.75, 3.05) is 31.9 Å². The number of hydrogen-bond acceptors (Lipinski definition) is 6. The summed E-state index contributed by atoms with van der Waals surface area (Å²) >= 11 is 0. The molecule has 1 saturated heterocycles. The van der Waals surface area contributed by atoms with Gasteiger partial charge in [0.2, 0.25) is 15.9 Å². The monoisotopic (exact) mass is 443 g/mol. The Morgan fingerprint density at radius 1 is 1.23 bits per heavy atom. The molecule has 3 rings (SSSR count). The zero-order chi connectivity index (χ0) is 21.9. The van der Waals surface area contributed by atoms with E-state index in [2.05, 4.69) is 10.1 Å². The SMILES string of the molecule is CC(=O)N1CCN(S(=O)(=O)CC[C@](O)(Cn2cncn2)c2ccc(F)cc2F)CC1. The van der Waals surface area contributed by atoms with Crippen molar-refractivity contribution in [3.8, 4) is 0 Å². The number of amides is 1. The molecule has 164 valence electrons. The normalized spacial score (nSPS) is 17.7. The number of rotatable bonds is 7. The van der Waals surface area contributed by atoms with Crippen LogP contribution in [0.3, 0.4) is 0 Å². The third kappa shape index (κ3) is 4.99. The summed E-state index contributed by atoms with van der Waals surface area (Å²) in [7, 11) is -3.78. The van der Waals surface area contributed by atoms with Crippen molar-refractivity contribution in [3.05, 3.63) is 48.1 Å². The molecule has 1 atom stereocenters. The van der Waals surface area contributed by atoms with Crippen LogP contribution >= 0.6 is 0 Å². The first-order valence-electron chi connectivity index (χ1n) is 9.34. The van der Waals surface area contributed by atoms with E-state index >= 15 is 0 Å². The van der Waals surface area contributed by atoms with Crippen LogP contribution in [0.1, 0.15) is 18.9 Å². The summed E-state index contributed by atoms with van der Waals surface area (Å²) in [6.07, 6.45) is 2.19. The Balaban J connectivity index is 1.79. The number of sulfonamides is 1. The molecule has 0 radical (unpaired) electrons. The van der Waals surface area contributed by atoms with Crippen LogP contribution in [0.2, 0.25) is 0 Å². The molecule has 9 nitrogen and oxygen atoms in total. The molecule has 0 bridgehead atoms. The van der Waals surface area contributed by atoms with Crippen molar-refractivity contribution in [1.82, 2.24) is 24.0 Å². The van der Waals surface area contributed by atoms with E-state index in [-0.39, 0.29) is 50.6 Å². The van der Waals surface area contributed by atoms with E-state index < -0.39 is 33.0 Å². The molecule has 1 aromatic carbocycles. The lowest BCUT2D eigenvalue weighted by Crippen LogP contribution is -2.51. The Bertz CT molecular complexity index is 994. The molecule has 1 aromatic heterocycles. The predicted molar refractivity (Wildman–Crippen MR) is 103 cm³/mol. The first-order chi connectivity index (χ1) is 14.1. The molecule has 2 aromatic rings. The van der Waals surface area contributed by atoms with Crippen molar-refractivity contribution in [1.29, 1.82) is 0 Å². The lowest BCUT2D eigenvalue weighted by Gasteiger charge is -2.34. The van der Waals surface area contributed by atoms with Gasteiger partial charge >= 0.3 is 0 Å². The van der Waals surface area contributed by atoms with E-state index in [1.165, 1.54) is 28.6 Å². The van der Waals surface area contributed by atoms with Crippen LogP contribution in [-0.4, -0.2) is 75.3 Å². The molecule has 1 amide bonds. The van der Waals surface area contributed by atoms with Gasteiger partial charge in [0.05, 0.1) is 12.3 Å². The molecule has 1 aliphatic heterocycles. The highest BCUT2D eigenvalue weighted by Crippen LogP contribution is 2.31. The quantitative estimate of drug-likeness (QED) is 0.661. The average Bonchev–Trinajstić information content (AvgIpc) is 3.19. The zero-order valence-electron chi connectivity index (χ0n) is 16.4. The van der Waals surface area contributed by atoms with Crippen molar-refractivity contribution < 1.29 is 27.1 Å². The topological polar surface area (TPSA) is 109 Å². The molecule has 12 heteroatoms. The van der Waals surface area contributed by atoms with Crippen LogP contribution in [0.25, 0.3) is 0 Å². The average molecular weight is 443 g/mol. The molecular formula is C18H23F2N5O4S. The van der Waals surface area contributed by atoms with Crippen LogP contribution in [0, 0.1) is 11.6 Å². The summed E-state index contributed by atoms with van der Waals surface area (Å²) in [6.45, 7) is 2.02. The van der Waals surface area contributed by atoms with Gasteiger partial charge in [0.1, 0.15) is 29.9 Å². The molecule has 1 N–H and O–H groups in total. The number of carbonyl (C=O) groups excluding carboxylic acids is 1. The minimum absolute atomic E-state index is 0.124. The van der Waals surface area contributed by atoms with Crippen molar-refractivity contribution in [2.24, 2.45) is 0 Å². The van der Waals surface area contributed by atoms with E-state index in [1.807, 2.05) is 0 Å². The maximum absolute atomic E-state index is 14.4. The lowest BCUT2D eigenvalue weighted by molar-refractivity contribution is -0.129. The molecule has 30 heavy (non-hydrogen) atoms. The van der Waals surface area contributed by atoms with Crippen molar-refractivity contribution in [2.45, 2.75) is 25.5 Å². The number of benzene rings is 1. The molecule has 0 unspecified atom stereocenters. The molecule has 1 fully saturated rings. The van der Waals surface area contributed by atoms with Gasteiger partial charge in [-0.05, 0) is 12.5 Å². The van der Waals surface area contributed by atoms with E-state index in [1.54, 1.807) is 4.90 Å². The Morgan fingerprint density at radius 3 is 2.50 bits per heavy atom. The van der Waals surface area contributed by atoms with Crippen LogP contribution in [0.5, 0.6) is 0 Å². The van der Waals surface area contributed by atoms with Crippen LogP contribution in [0.15, 0.2) is 30.9 Å². The maximum atomic E-state index is 14.4. The van der Waals surface area contributed by atoms with Gasteiger partial charge in [-0.25, -0.2) is 26.9 Å². The maximum Gasteiger partial charge on any atom is 0.219 e. The standard InChI is InChI=1S/C18H23F2N5O4S/c1-14(26)23-5-7-25(8-6-23)30(28,29)9-4-18(27,11-24-13-21-12-22-24)16-3-2-15(19)10-17(16)20/h2-3,10,12-13,27H,4-9,11H2,1H3/t18-/m0/s1. The fourth-order valence-corrected chi connectivity index (χ4v) is 5.03. The second-order valence-electron chi connectivity index (χ2n) is 7.22. The van der Waals surface area contributed by atoms with Gasteiger partial charge < -0.3 is 10.0 Å². The fourth-order valence-electron chi connectivity index (χ4n) is 3.46. The Morgan fingerprint density at radius 2 is 1.93 bits per heavy atom. The first-order valence-corrected chi connectivity index (χ1v) is 11.0. The number of aliphatic hydroxyl groups is 1. The van der Waals surface area contributed by atoms with Gasteiger partial charge in [0.15, 0.2) is 0 Å². The summed E-state index contributed by atoms with van der Waals surface area (Å²) < 4.78 is 55.9. The largest absolute Gasteiger partial charge is 0.383 e. The summed E-state index contributed by atoms with van der Waals surface area (Å²) in [4.78, 5) is 16.8. The predicted octanol–water partition coefficient (Wildman–Crippen LogP) is 0.328. The van der Waals surface area contributed by atoms with Crippen molar-refractivity contribution >= 4 is 15.9 Å². The van der Waals surface area contributed by atoms with Gasteiger partial charge in [0, 0.05) is 44.7 Å². The van der Waals surface area contributed by atoms with Crippen LogP contribution in [0.4, 0.5) is 8.78 Å². The third-order valence-electron chi connectivity index (χ3n) is 5.17. The van der Waals surface area contributed by atoms with Crippen LogP contribution in [-0.2, 0) is 27.0 Å². The molecule has 2 heterocycles. The number of hydrogen-bond donors (Lipinski definition) is 1. The summed E-state index contributed by atoms with van der Waals surface area (Å²) in [6, 6.07) is 2.73. The van der Waals surface area contributed by atoms with Gasteiger partial charge in [0.25, 0.3) is 0 Å². The third-order valence-corrected chi connectivity index (χ3v) is 7.05. The van der Waals surface area contributed by atoms with E-state index in [0.717, 1.165) is 12.1 Å². The summed E-state index contributed by atoms with van der Waals surface area (Å²) in [5.74, 6) is -2.38. The number of piperazine rings is 1. The van der Waals surface area contributed by atoms with Gasteiger partial charge in [-0.3, -0.25) is 4.79 Å². The Kier molecular flexibility index (Phi) is 6.48. The van der Waals surface area contributed by atoms with Gasteiger partial charge in [-0.1, -0.05) is 6.07 Å². The minimum Gasteiger partial charge on any atom is -0.383 e. The van der Waals surface area contributed by atoms with Crippen LogP contribution < -0.4 is 0 Å².